The average Bonchev–Trinajstić information content (AvgIpc) is 2.65. The number of carbonyl (C=O) groups is 1. The summed E-state index contributed by atoms with van der Waals surface area (Å²) in [5, 5.41) is 3.61. The minimum atomic E-state index is -0.111. The van der Waals surface area contributed by atoms with Crippen molar-refractivity contribution in [2.75, 3.05) is 5.32 Å². The lowest BCUT2D eigenvalue weighted by atomic mass is 9.96. The molecule has 1 atom stereocenters. The number of fused-ring (bicyclic) bond motifs is 2. The first kappa shape index (κ1) is 10.6. The highest BCUT2D eigenvalue weighted by Crippen LogP contribution is 2.41. The largest absolute Gasteiger partial charge is 0.362 e. The molecule has 2 heterocycles. The highest BCUT2D eigenvalue weighted by molar-refractivity contribution is 5.81. The third-order valence-corrected chi connectivity index (χ3v) is 3.95. The van der Waals surface area contributed by atoms with Crippen LogP contribution < -0.4 is 5.32 Å². The second-order valence-electron chi connectivity index (χ2n) is 5.04. The fraction of sp³-hybridized carbons (Fsp3) is 0.500. The molecular weight excluding hydrogens is 212 g/mol. The number of anilines is 1. The molecule has 1 N–H and O–H groups in total. The normalized spacial score (nSPS) is 26.4. The van der Waals surface area contributed by atoms with Gasteiger partial charge in [-0.15, -0.1) is 0 Å². The molecule has 3 heteroatoms. The number of para-hydroxylation sites is 1. The van der Waals surface area contributed by atoms with Gasteiger partial charge in [-0.2, -0.15) is 0 Å². The van der Waals surface area contributed by atoms with E-state index in [0.717, 1.165) is 25.8 Å². The van der Waals surface area contributed by atoms with Crippen molar-refractivity contribution >= 4 is 11.6 Å². The van der Waals surface area contributed by atoms with E-state index in [1.54, 1.807) is 0 Å². The van der Waals surface area contributed by atoms with Crippen LogP contribution in [0.2, 0.25) is 0 Å². The van der Waals surface area contributed by atoms with E-state index in [9.17, 15) is 4.79 Å². The van der Waals surface area contributed by atoms with Crippen LogP contribution in [0.3, 0.4) is 0 Å². The Bertz CT molecular complexity index is 457. The summed E-state index contributed by atoms with van der Waals surface area (Å²) in [7, 11) is 0. The quantitative estimate of drug-likeness (QED) is 0.847. The predicted octanol–water partition coefficient (Wildman–Crippen LogP) is 2.73. The molecule has 0 unspecified atom stereocenters. The molecule has 3 rings (SSSR count). The zero-order chi connectivity index (χ0) is 11.9. The Morgan fingerprint density at radius 1 is 1.41 bits per heavy atom. The molecule has 1 aromatic carbocycles. The zero-order valence-corrected chi connectivity index (χ0v) is 10.2. The minimum absolute atomic E-state index is 0.111. The zero-order valence-electron chi connectivity index (χ0n) is 10.2. The third-order valence-electron chi connectivity index (χ3n) is 3.95. The fourth-order valence-electron chi connectivity index (χ4n) is 3.13. The highest BCUT2D eigenvalue weighted by Gasteiger charge is 2.46. The molecule has 2 aliphatic rings. The number of rotatable bonds is 2. The maximum absolute atomic E-state index is 12.0. The fourth-order valence-corrected chi connectivity index (χ4v) is 3.13. The summed E-state index contributed by atoms with van der Waals surface area (Å²) in [5.41, 5.74) is 2.32. The minimum Gasteiger partial charge on any atom is -0.362 e. The SMILES string of the molecule is CCC[C@@]12CCC(=O)N1Cc1ccccc1N2. The van der Waals surface area contributed by atoms with Crippen LogP contribution in [0.4, 0.5) is 5.69 Å². The van der Waals surface area contributed by atoms with E-state index >= 15 is 0 Å². The standard InChI is InChI=1S/C14H18N2O/c1-2-8-14-9-7-13(17)16(14)10-11-5-3-4-6-12(11)15-14/h3-6,15H,2,7-10H2,1H3/t14-/m0/s1. The molecule has 1 aromatic rings. The molecule has 0 bridgehead atoms. The smallest absolute Gasteiger partial charge is 0.224 e. The molecular formula is C14H18N2O. The Labute approximate surface area is 102 Å². The van der Waals surface area contributed by atoms with Gasteiger partial charge in [-0.25, -0.2) is 0 Å². The van der Waals surface area contributed by atoms with Crippen molar-refractivity contribution in [3.8, 4) is 0 Å². The Balaban J connectivity index is 2.01. The van der Waals surface area contributed by atoms with Crippen LogP contribution in [0.15, 0.2) is 24.3 Å². The number of amides is 1. The molecule has 1 fully saturated rings. The molecule has 0 aliphatic carbocycles. The van der Waals surface area contributed by atoms with Gasteiger partial charge in [-0.1, -0.05) is 31.5 Å². The van der Waals surface area contributed by atoms with Crippen LogP contribution in [0.5, 0.6) is 0 Å². The van der Waals surface area contributed by atoms with E-state index in [-0.39, 0.29) is 5.66 Å². The molecule has 0 radical (unpaired) electrons. The van der Waals surface area contributed by atoms with Gasteiger partial charge in [0.2, 0.25) is 5.91 Å². The molecule has 17 heavy (non-hydrogen) atoms. The van der Waals surface area contributed by atoms with Crippen LogP contribution in [0, 0.1) is 0 Å². The van der Waals surface area contributed by atoms with Gasteiger partial charge < -0.3 is 10.2 Å². The van der Waals surface area contributed by atoms with Gasteiger partial charge in [0.1, 0.15) is 5.66 Å². The second-order valence-corrected chi connectivity index (χ2v) is 5.04. The first-order valence-corrected chi connectivity index (χ1v) is 6.42. The molecule has 1 amide bonds. The van der Waals surface area contributed by atoms with Crippen molar-refractivity contribution in [3.63, 3.8) is 0 Å². The highest BCUT2D eigenvalue weighted by atomic mass is 16.2. The molecule has 1 saturated heterocycles. The van der Waals surface area contributed by atoms with Crippen molar-refractivity contribution < 1.29 is 4.79 Å². The molecule has 0 spiro atoms. The second kappa shape index (κ2) is 3.76. The summed E-state index contributed by atoms with van der Waals surface area (Å²) < 4.78 is 0. The van der Waals surface area contributed by atoms with Crippen molar-refractivity contribution in [1.82, 2.24) is 4.90 Å². The third kappa shape index (κ3) is 1.53. The molecule has 2 aliphatic heterocycles. The number of hydrogen-bond donors (Lipinski definition) is 1. The molecule has 0 saturated carbocycles. The average molecular weight is 230 g/mol. The van der Waals surface area contributed by atoms with Crippen LogP contribution >= 0.6 is 0 Å². The molecule has 0 aromatic heterocycles. The predicted molar refractivity (Wildman–Crippen MR) is 67.5 cm³/mol. The number of nitrogens with one attached hydrogen (secondary N) is 1. The summed E-state index contributed by atoms with van der Waals surface area (Å²) >= 11 is 0. The number of nitrogens with zero attached hydrogens (tertiary/aromatic N) is 1. The lowest BCUT2D eigenvalue weighted by Gasteiger charge is -2.44. The Hall–Kier alpha value is -1.51. The van der Waals surface area contributed by atoms with Crippen LogP contribution in [-0.4, -0.2) is 16.5 Å². The van der Waals surface area contributed by atoms with Gasteiger partial charge in [-0.3, -0.25) is 4.79 Å². The topological polar surface area (TPSA) is 32.3 Å². The van der Waals surface area contributed by atoms with Gasteiger partial charge in [0.25, 0.3) is 0 Å². The van der Waals surface area contributed by atoms with Crippen LogP contribution in [0.1, 0.15) is 38.2 Å². The van der Waals surface area contributed by atoms with Crippen molar-refractivity contribution in [2.24, 2.45) is 0 Å². The van der Waals surface area contributed by atoms with E-state index in [2.05, 4.69) is 30.4 Å². The van der Waals surface area contributed by atoms with Crippen molar-refractivity contribution in [3.05, 3.63) is 29.8 Å². The molecule has 90 valence electrons. The van der Waals surface area contributed by atoms with Gasteiger partial charge in [0.15, 0.2) is 0 Å². The summed E-state index contributed by atoms with van der Waals surface area (Å²) in [6, 6.07) is 8.31. The maximum atomic E-state index is 12.0. The van der Waals surface area contributed by atoms with Crippen LogP contribution in [-0.2, 0) is 11.3 Å². The summed E-state index contributed by atoms with van der Waals surface area (Å²) in [6.45, 7) is 2.94. The first-order valence-electron chi connectivity index (χ1n) is 6.42. The van der Waals surface area contributed by atoms with Crippen molar-refractivity contribution in [1.29, 1.82) is 0 Å². The Kier molecular flexibility index (Phi) is 2.35. The summed E-state index contributed by atoms with van der Waals surface area (Å²) in [4.78, 5) is 14.0. The van der Waals surface area contributed by atoms with Gasteiger partial charge in [0, 0.05) is 18.7 Å². The van der Waals surface area contributed by atoms with Gasteiger partial charge in [0.05, 0.1) is 0 Å². The lowest BCUT2D eigenvalue weighted by molar-refractivity contribution is -0.131. The number of carbonyl (C=O) groups excluding carboxylic acids is 1. The summed E-state index contributed by atoms with van der Waals surface area (Å²) in [6.07, 6.45) is 3.75. The van der Waals surface area contributed by atoms with E-state index in [1.807, 2.05) is 11.0 Å². The molecule has 3 nitrogen and oxygen atoms in total. The van der Waals surface area contributed by atoms with Crippen molar-refractivity contribution in [2.45, 2.75) is 44.8 Å². The van der Waals surface area contributed by atoms with E-state index in [0.29, 0.717) is 12.3 Å². The Morgan fingerprint density at radius 3 is 3.06 bits per heavy atom. The number of benzene rings is 1. The van der Waals surface area contributed by atoms with E-state index in [4.69, 9.17) is 0 Å². The van der Waals surface area contributed by atoms with E-state index in [1.165, 1.54) is 11.3 Å². The van der Waals surface area contributed by atoms with Gasteiger partial charge in [-0.05, 0) is 24.5 Å². The van der Waals surface area contributed by atoms with Crippen LogP contribution in [0.25, 0.3) is 0 Å². The lowest BCUT2D eigenvalue weighted by Crippen LogP contribution is -2.53. The first-order chi connectivity index (χ1) is 8.25. The van der Waals surface area contributed by atoms with E-state index < -0.39 is 0 Å². The number of hydrogen-bond acceptors (Lipinski definition) is 2. The summed E-state index contributed by atoms with van der Waals surface area (Å²) in [5.74, 6) is 0.292. The van der Waals surface area contributed by atoms with Gasteiger partial charge >= 0.3 is 0 Å². The maximum Gasteiger partial charge on any atom is 0.224 e. The Morgan fingerprint density at radius 2 is 2.24 bits per heavy atom. The monoisotopic (exact) mass is 230 g/mol.